The van der Waals surface area contributed by atoms with Crippen LogP contribution in [-0.2, 0) is 0 Å². The highest BCUT2D eigenvalue weighted by atomic mass is 32.2. The van der Waals surface area contributed by atoms with Gasteiger partial charge in [-0.05, 0) is 18.6 Å². The van der Waals surface area contributed by atoms with Crippen molar-refractivity contribution in [1.82, 2.24) is 9.88 Å². The smallest absolute Gasteiger partial charge is 0.254 e. The number of nitrogens with zero attached hydrogens (tertiary/aromatic N) is 2. The molecule has 5 heteroatoms. The van der Waals surface area contributed by atoms with Gasteiger partial charge < -0.3 is 10.0 Å². The lowest BCUT2D eigenvalue weighted by Gasteiger charge is -2.11. The second-order valence-electron chi connectivity index (χ2n) is 4.03. The van der Waals surface area contributed by atoms with Gasteiger partial charge in [0.05, 0.1) is 10.6 Å². The highest BCUT2D eigenvalue weighted by Gasteiger charge is 2.09. The molecule has 1 unspecified atom stereocenters. The Morgan fingerprint density at radius 2 is 2.24 bits per heavy atom. The summed E-state index contributed by atoms with van der Waals surface area (Å²) in [5.74, 6) is -0.0440. The Morgan fingerprint density at radius 1 is 1.53 bits per heavy atom. The van der Waals surface area contributed by atoms with Crippen molar-refractivity contribution in [3.63, 3.8) is 0 Å². The Balaban J connectivity index is 2.65. The minimum absolute atomic E-state index is 0.0440. The number of pyridine rings is 1. The second kappa shape index (κ2) is 6.61. The van der Waals surface area contributed by atoms with Gasteiger partial charge in [0, 0.05) is 32.1 Å². The Labute approximate surface area is 106 Å². The Bertz CT molecular complexity index is 365. The molecule has 0 saturated heterocycles. The van der Waals surface area contributed by atoms with E-state index in [0.29, 0.717) is 10.8 Å². The van der Waals surface area contributed by atoms with Crippen molar-refractivity contribution in [3.8, 4) is 0 Å². The normalized spacial score (nSPS) is 12.2. The van der Waals surface area contributed by atoms with Gasteiger partial charge in [-0.15, -0.1) is 11.8 Å². The molecule has 0 fully saturated rings. The first-order valence-corrected chi connectivity index (χ1v) is 6.37. The molecule has 1 aromatic rings. The molecular formula is C12H18N2O2S. The molecule has 1 N–H and O–H groups in total. The van der Waals surface area contributed by atoms with Crippen molar-refractivity contribution in [2.24, 2.45) is 0 Å². The van der Waals surface area contributed by atoms with Crippen LogP contribution in [0.2, 0.25) is 0 Å². The number of carbonyl (C=O) groups is 1. The van der Waals surface area contributed by atoms with Crippen LogP contribution < -0.4 is 0 Å². The summed E-state index contributed by atoms with van der Waals surface area (Å²) in [7, 11) is 3.43. The number of hydrogen-bond acceptors (Lipinski definition) is 4. The molecule has 1 heterocycles. The van der Waals surface area contributed by atoms with Crippen molar-refractivity contribution in [2.75, 3.05) is 20.7 Å². The summed E-state index contributed by atoms with van der Waals surface area (Å²) >= 11 is 1.60. The zero-order valence-corrected chi connectivity index (χ0v) is 11.2. The van der Waals surface area contributed by atoms with Crippen LogP contribution in [0, 0.1) is 0 Å². The van der Waals surface area contributed by atoms with Gasteiger partial charge >= 0.3 is 0 Å². The van der Waals surface area contributed by atoms with Crippen LogP contribution in [0.25, 0.3) is 0 Å². The average Bonchev–Trinajstić information content (AvgIpc) is 2.29. The van der Waals surface area contributed by atoms with E-state index in [0.717, 1.165) is 11.4 Å². The molecule has 0 aliphatic heterocycles. The van der Waals surface area contributed by atoms with E-state index in [1.165, 1.54) is 4.90 Å². The molecule has 1 atom stereocenters. The van der Waals surface area contributed by atoms with Gasteiger partial charge in [0.1, 0.15) is 0 Å². The SMILES string of the molecule is CC(CCO)Sc1ccc(C(=O)N(C)C)cn1. The van der Waals surface area contributed by atoms with Gasteiger partial charge in [-0.3, -0.25) is 4.79 Å². The van der Waals surface area contributed by atoms with Gasteiger partial charge in [-0.2, -0.15) is 0 Å². The van der Waals surface area contributed by atoms with E-state index in [1.807, 2.05) is 13.0 Å². The first-order chi connectivity index (χ1) is 8.04. The van der Waals surface area contributed by atoms with Crippen molar-refractivity contribution in [3.05, 3.63) is 23.9 Å². The molecule has 0 bridgehead atoms. The monoisotopic (exact) mass is 254 g/mol. The summed E-state index contributed by atoms with van der Waals surface area (Å²) in [6, 6.07) is 3.62. The summed E-state index contributed by atoms with van der Waals surface area (Å²) in [6.07, 6.45) is 2.33. The van der Waals surface area contributed by atoms with E-state index in [9.17, 15) is 4.79 Å². The van der Waals surface area contributed by atoms with Gasteiger partial charge in [0.2, 0.25) is 0 Å². The number of thioether (sulfide) groups is 1. The fourth-order valence-corrected chi connectivity index (χ4v) is 2.18. The van der Waals surface area contributed by atoms with Crippen molar-refractivity contribution < 1.29 is 9.90 Å². The molecule has 94 valence electrons. The number of aromatic nitrogens is 1. The molecule has 4 nitrogen and oxygen atoms in total. The van der Waals surface area contributed by atoms with Crippen LogP contribution in [0.15, 0.2) is 23.4 Å². The van der Waals surface area contributed by atoms with Crippen LogP contribution in [0.5, 0.6) is 0 Å². The molecule has 0 spiro atoms. The van der Waals surface area contributed by atoms with E-state index in [1.54, 1.807) is 38.1 Å². The summed E-state index contributed by atoms with van der Waals surface area (Å²) in [6.45, 7) is 2.23. The quantitative estimate of drug-likeness (QED) is 0.812. The summed E-state index contributed by atoms with van der Waals surface area (Å²) in [5.41, 5.74) is 0.592. The fourth-order valence-electron chi connectivity index (χ4n) is 1.28. The van der Waals surface area contributed by atoms with Gasteiger partial charge in [-0.1, -0.05) is 6.92 Å². The predicted molar refractivity (Wildman–Crippen MR) is 69.3 cm³/mol. The molecule has 1 aromatic heterocycles. The molecular weight excluding hydrogens is 236 g/mol. The maximum absolute atomic E-state index is 11.6. The third-order valence-corrected chi connectivity index (χ3v) is 3.37. The number of hydrogen-bond donors (Lipinski definition) is 1. The van der Waals surface area contributed by atoms with Crippen molar-refractivity contribution >= 4 is 17.7 Å². The van der Waals surface area contributed by atoms with Crippen molar-refractivity contribution in [1.29, 1.82) is 0 Å². The molecule has 0 radical (unpaired) electrons. The molecule has 1 amide bonds. The maximum Gasteiger partial charge on any atom is 0.254 e. The third kappa shape index (κ3) is 4.36. The number of rotatable bonds is 5. The van der Waals surface area contributed by atoms with Gasteiger partial charge in [0.15, 0.2) is 0 Å². The predicted octanol–water partition coefficient (Wildman–Crippen LogP) is 1.65. The first-order valence-electron chi connectivity index (χ1n) is 5.49. The van der Waals surface area contributed by atoms with E-state index in [4.69, 9.17) is 5.11 Å². The molecule has 17 heavy (non-hydrogen) atoms. The van der Waals surface area contributed by atoms with Gasteiger partial charge in [-0.25, -0.2) is 4.98 Å². The van der Waals surface area contributed by atoms with Crippen LogP contribution in [0.1, 0.15) is 23.7 Å². The minimum atomic E-state index is -0.0440. The molecule has 0 saturated carbocycles. The van der Waals surface area contributed by atoms with Crippen LogP contribution >= 0.6 is 11.8 Å². The van der Waals surface area contributed by atoms with E-state index < -0.39 is 0 Å². The number of aliphatic hydroxyl groups is 1. The number of carbonyl (C=O) groups excluding carboxylic acids is 1. The average molecular weight is 254 g/mol. The minimum Gasteiger partial charge on any atom is -0.396 e. The Kier molecular flexibility index (Phi) is 5.44. The maximum atomic E-state index is 11.6. The van der Waals surface area contributed by atoms with Crippen LogP contribution in [-0.4, -0.2) is 46.8 Å². The molecule has 1 rings (SSSR count). The Morgan fingerprint density at radius 3 is 2.71 bits per heavy atom. The highest BCUT2D eigenvalue weighted by Crippen LogP contribution is 2.23. The second-order valence-corrected chi connectivity index (χ2v) is 5.48. The number of aliphatic hydroxyl groups excluding tert-OH is 1. The van der Waals surface area contributed by atoms with E-state index in [-0.39, 0.29) is 12.5 Å². The van der Waals surface area contributed by atoms with Gasteiger partial charge in [0.25, 0.3) is 5.91 Å². The third-order valence-electron chi connectivity index (χ3n) is 2.25. The van der Waals surface area contributed by atoms with Crippen molar-refractivity contribution in [2.45, 2.75) is 23.6 Å². The zero-order valence-electron chi connectivity index (χ0n) is 10.4. The summed E-state index contributed by atoms with van der Waals surface area (Å²) in [5, 5.41) is 10.0. The molecule has 0 aliphatic rings. The number of amides is 1. The largest absolute Gasteiger partial charge is 0.396 e. The van der Waals surface area contributed by atoms with E-state index in [2.05, 4.69) is 4.98 Å². The lowest BCUT2D eigenvalue weighted by molar-refractivity contribution is 0.0827. The Hall–Kier alpha value is -1.07. The zero-order chi connectivity index (χ0) is 12.8. The van der Waals surface area contributed by atoms with Crippen LogP contribution in [0.4, 0.5) is 0 Å². The standard InChI is InChI=1S/C12H18N2O2S/c1-9(6-7-15)17-11-5-4-10(8-13-11)12(16)14(2)3/h4-5,8-9,15H,6-7H2,1-3H3. The lowest BCUT2D eigenvalue weighted by Crippen LogP contribution is -2.21. The van der Waals surface area contributed by atoms with Crippen LogP contribution in [0.3, 0.4) is 0 Å². The lowest BCUT2D eigenvalue weighted by atomic mass is 10.2. The highest BCUT2D eigenvalue weighted by molar-refractivity contribution is 7.99. The molecule has 0 aromatic carbocycles. The topological polar surface area (TPSA) is 53.4 Å². The summed E-state index contributed by atoms with van der Waals surface area (Å²) < 4.78 is 0. The molecule has 0 aliphatic carbocycles. The summed E-state index contributed by atoms with van der Waals surface area (Å²) in [4.78, 5) is 17.4. The first kappa shape index (κ1) is 14.0. The van der Waals surface area contributed by atoms with E-state index >= 15 is 0 Å². The fraction of sp³-hybridized carbons (Fsp3) is 0.500.